The van der Waals surface area contributed by atoms with E-state index >= 15 is 0 Å². The van der Waals surface area contributed by atoms with E-state index in [1.165, 1.54) is 0 Å². The van der Waals surface area contributed by atoms with Gasteiger partial charge in [-0.05, 0) is 19.4 Å². The van der Waals surface area contributed by atoms with Crippen LogP contribution in [-0.2, 0) is 0 Å². The summed E-state index contributed by atoms with van der Waals surface area (Å²) < 4.78 is 1.82. The van der Waals surface area contributed by atoms with Crippen LogP contribution in [0.5, 0.6) is 0 Å². The summed E-state index contributed by atoms with van der Waals surface area (Å²) in [6, 6.07) is 2.39. The molecule has 0 aliphatic carbocycles. The second kappa shape index (κ2) is 3.65. The molecule has 2 aromatic heterocycles. The van der Waals surface area contributed by atoms with E-state index in [1.807, 2.05) is 16.8 Å². The highest BCUT2D eigenvalue weighted by atomic mass is 15.2. The third kappa shape index (κ3) is 1.55. The Labute approximate surface area is 83.0 Å². The molecule has 2 rings (SSSR count). The minimum atomic E-state index is 0.434. The van der Waals surface area contributed by atoms with Gasteiger partial charge >= 0.3 is 0 Å². The number of nitrogens with zero attached hydrogens (tertiary/aromatic N) is 3. The van der Waals surface area contributed by atoms with E-state index in [0.29, 0.717) is 6.04 Å². The molecule has 0 aromatic carbocycles. The molecule has 0 fully saturated rings. The zero-order valence-corrected chi connectivity index (χ0v) is 8.44. The van der Waals surface area contributed by atoms with Crippen LogP contribution in [0.4, 0.5) is 5.82 Å². The molecule has 2 heterocycles. The predicted molar refractivity (Wildman–Crippen MR) is 56.4 cm³/mol. The normalized spacial score (nSPS) is 13.0. The van der Waals surface area contributed by atoms with Crippen LogP contribution in [0, 0.1) is 0 Å². The second-order valence-electron chi connectivity index (χ2n) is 3.39. The highest BCUT2D eigenvalue weighted by molar-refractivity contribution is 5.66. The Morgan fingerprint density at radius 1 is 1.50 bits per heavy atom. The first-order valence-electron chi connectivity index (χ1n) is 4.86. The molecule has 0 aliphatic heterocycles. The molecule has 0 spiro atoms. The molecule has 1 N–H and O–H groups in total. The van der Waals surface area contributed by atoms with E-state index in [2.05, 4.69) is 29.2 Å². The van der Waals surface area contributed by atoms with Crippen molar-refractivity contribution in [1.29, 1.82) is 0 Å². The van der Waals surface area contributed by atoms with Crippen LogP contribution in [0.25, 0.3) is 5.52 Å². The maximum atomic E-state index is 4.30. The van der Waals surface area contributed by atoms with Gasteiger partial charge in [0.2, 0.25) is 0 Å². The lowest BCUT2D eigenvalue weighted by molar-refractivity contribution is 0.758. The van der Waals surface area contributed by atoms with Crippen LogP contribution >= 0.6 is 0 Å². The molecule has 0 aliphatic rings. The number of hydrogen-bond acceptors (Lipinski definition) is 3. The fourth-order valence-corrected chi connectivity index (χ4v) is 1.30. The highest BCUT2D eigenvalue weighted by Gasteiger charge is 2.04. The first-order valence-corrected chi connectivity index (χ1v) is 4.86. The SMILES string of the molecule is CCC(C)Nc1nccn2nccc12. The molecular weight excluding hydrogens is 176 g/mol. The maximum Gasteiger partial charge on any atom is 0.152 e. The number of fused-ring (bicyclic) bond motifs is 1. The third-order valence-electron chi connectivity index (χ3n) is 2.32. The number of aromatic nitrogens is 3. The molecule has 14 heavy (non-hydrogen) atoms. The topological polar surface area (TPSA) is 42.2 Å². The predicted octanol–water partition coefficient (Wildman–Crippen LogP) is 1.94. The Morgan fingerprint density at radius 2 is 2.36 bits per heavy atom. The van der Waals surface area contributed by atoms with Gasteiger partial charge in [0.05, 0.1) is 6.20 Å². The summed E-state index contributed by atoms with van der Waals surface area (Å²) in [5, 5.41) is 7.50. The van der Waals surface area contributed by atoms with E-state index in [-0.39, 0.29) is 0 Å². The van der Waals surface area contributed by atoms with Gasteiger partial charge in [-0.2, -0.15) is 5.10 Å². The van der Waals surface area contributed by atoms with Crippen LogP contribution in [0.15, 0.2) is 24.7 Å². The lowest BCUT2D eigenvalue weighted by Crippen LogP contribution is -2.15. The number of rotatable bonds is 3. The van der Waals surface area contributed by atoms with Crippen molar-refractivity contribution in [2.45, 2.75) is 26.3 Å². The lowest BCUT2D eigenvalue weighted by Gasteiger charge is -2.12. The van der Waals surface area contributed by atoms with Crippen molar-refractivity contribution in [2.24, 2.45) is 0 Å². The highest BCUT2D eigenvalue weighted by Crippen LogP contribution is 2.13. The zero-order valence-electron chi connectivity index (χ0n) is 8.44. The van der Waals surface area contributed by atoms with Crippen LogP contribution in [-0.4, -0.2) is 20.6 Å². The van der Waals surface area contributed by atoms with Crippen molar-refractivity contribution in [3.63, 3.8) is 0 Å². The number of anilines is 1. The van der Waals surface area contributed by atoms with E-state index in [4.69, 9.17) is 0 Å². The van der Waals surface area contributed by atoms with Crippen molar-refractivity contribution >= 4 is 11.3 Å². The summed E-state index contributed by atoms with van der Waals surface area (Å²) in [7, 11) is 0. The van der Waals surface area contributed by atoms with E-state index in [1.54, 1.807) is 12.4 Å². The minimum Gasteiger partial charge on any atom is -0.366 e. The quantitative estimate of drug-likeness (QED) is 0.804. The molecule has 4 heteroatoms. The minimum absolute atomic E-state index is 0.434. The maximum absolute atomic E-state index is 4.30. The van der Waals surface area contributed by atoms with Gasteiger partial charge in [0.15, 0.2) is 5.82 Å². The van der Waals surface area contributed by atoms with E-state index in [0.717, 1.165) is 17.8 Å². The molecule has 0 saturated heterocycles. The van der Waals surface area contributed by atoms with Crippen LogP contribution in [0.1, 0.15) is 20.3 Å². The molecule has 0 bridgehead atoms. The largest absolute Gasteiger partial charge is 0.366 e. The Balaban J connectivity index is 2.36. The Morgan fingerprint density at radius 3 is 3.14 bits per heavy atom. The van der Waals surface area contributed by atoms with Gasteiger partial charge in [-0.1, -0.05) is 6.92 Å². The van der Waals surface area contributed by atoms with Gasteiger partial charge in [-0.15, -0.1) is 0 Å². The summed E-state index contributed by atoms with van der Waals surface area (Å²) in [6.07, 6.45) is 6.46. The molecule has 1 atom stereocenters. The molecule has 0 saturated carbocycles. The summed E-state index contributed by atoms with van der Waals surface area (Å²) in [5.74, 6) is 0.902. The lowest BCUT2D eigenvalue weighted by atomic mass is 10.2. The molecule has 2 aromatic rings. The van der Waals surface area contributed by atoms with E-state index < -0.39 is 0 Å². The van der Waals surface area contributed by atoms with Crippen LogP contribution in [0.2, 0.25) is 0 Å². The van der Waals surface area contributed by atoms with E-state index in [9.17, 15) is 0 Å². The number of nitrogens with one attached hydrogen (secondary N) is 1. The fraction of sp³-hybridized carbons (Fsp3) is 0.400. The first-order chi connectivity index (χ1) is 6.81. The fourth-order valence-electron chi connectivity index (χ4n) is 1.30. The van der Waals surface area contributed by atoms with Gasteiger partial charge in [0.1, 0.15) is 5.52 Å². The third-order valence-corrected chi connectivity index (χ3v) is 2.32. The molecule has 74 valence electrons. The van der Waals surface area contributed by atoms with Crippen LogP contribution in [0.3, 0.4) is 0 Å². The Bertz CT molecular complexity index is 421. The smallest absolute Gasteiger partial charge is 0.152 e. The molecule has 0 amide bonds. The zero-order chi connectivity index (χ0) is 9.97. The van der Waals surface area contributed by atoms with Crippen molar-refractivity contribution < 1.29 is 0 Å². The average Bonchev–Trinajstić information content (AvgIpc) is 2.66. The molecular formula is C10H14N4. The second-order valence-corrected chi connectivity index (χ2v) is 3.39. The summed E-state index contributed by atoms with van der Waals surface area (Å²) in [6.45, 7) is 4.29. The average molecular weight is 190 g/mol. The summed E-state index contributed by atoms with van der Waals surface area (Å²) in [5.41, 5.74) is 1.02. The summed E-state index contributed by atoms with van der Waals surface area (Å²) >= 11 is 0. The van der Waals surface area contributed by atoms with Crippen molar-refractivity contribution in [2.75, 3.05) is 5.32 Å². The van der Waals surface area contributed by atoms with Crippen molar-refractivity contribution in [3.05, 3.63) is 24.7 Å². The standard InChI is InChI=1S/C10H14N4/c1-3-8(2)13-10-9-4-5-12-14(9)7-6-11-10/h4-8H,3H2,1-2H3,(H,11,13). The Kier molecular flexibility index (Phi) is 2.35. The van der Waals surface area contributed by atoms with Gasteiger partial charge in [-0.25, -0.2) is 9.50 Å². The van der Waals surface area contributed by atoms with Crippen LogP contribution < -0.4 is 5.32 Å². The van der Waals surface area contributed by atoms with Gasteiger partial charge in [-0.3, -0.25) is 0 Å². The molecule has 4 nitrogen and oxygen atoms in total. The van der Waals surface area contributed by atoms with Gasteiger partial charge in [0.25, 0.3) is 0 Å². The summed E-state index contributed by atoms with van der Waals surface area (Å²) in [4.78, 5) is 4.30. The number of hydrogen-bond donors (Lipinski definition) is 1. The monoisotopic (exact) mass is 190 g/mol. The van der Waals surface area contributed by atoms with Crippen molar-refractivity contribution in [1.82, 2.24) is 14.6 Å². The van der Waals surface area contributed by atoms with Crippen molar-refractivity contribution in [3.8, 4) is 0 Å². The Hall–Kier alpha value is -1.58. The van der Waals surface area contributed by atoms with Gasteiger partial charge < -0.3 is 5.32 Å². The first kappa shape index (κ1) is 8.99. The molecule has 0 radical (unpaired) electrons. The molecule has 1 unspecified atom stereocenters. The van der Waals surface area contributed by atoms with Gasteiger partial charge in [0, 0.05) is 18.4 Å².